The van der Waals surface area contributed by atoms with Crippen LogP contribution in [0, 0.1) is 5.82 Å². The van der Waals surface area contributed by atoms with Crippen LogP contribution in [0.3, 0.4) is 0 Å². The maximum atomic E-state index is 13.5. The van der Waals surface area contributed by atoms with Gasteiger partial charge in [-0.05, 0) is 38.0 Å². The fraction of sp³-hybridized carbons (Fsp3) is 0.375. The molecule has 1 aromatic carbocycles. The summed E-state index contributed by atoms with van der Waals surface area (Å²) in [4.78, 5) is 9.13. The first-order valence-electron chi connectivity index (χ1n) is 7.18. The van der Waals surface area contributed by atoms with Crippen molar-refractivity contribution in [1.29, 1.82) is 0 Å². The van der Waals surface area contributed by atoms with Gasteiger partial charge in [0.1, 0.15) is 5.82 Å². The zero-order chi connectivity index (χ0) is 14.8. The van der Waals surface area contributed by atoms with Gasteiger partial charge in [0.15, 0.2) is 17.4 Å². The molecule has 5 heteroatoms. The number of ether oxygens (including phenoxy) is 1. The van der Waals surface area contributed by atoms with Crippen molar-refractivity contribution in [2.24, 2.45) is 0 Å². The monoisotopic (exact) mass is 287 g/mol. The lowest BCUT2D eigenvalue weighted by molar-refractivity contribution is 0.387. The Balaban J connectivity index is 2.03. The summed E-state index contributed by atoms with van der Waals surface area (Å²) in [5, 5.41) is 3.22. The lowest BCUT2D eigenvalue weighted by Crippen LogP contribution is -2.04. The Morgan fingerprint density at radius 3 is 2.76 bits per heavy atom. The molecule has 0 atom stereocenters. The summed E-state index contributed by atoms with van der Waals surface area (Å²) in [6.07, 6.45) is 2.35. The number of rotatable bonds is 5. The highest BCUT2D eigenvalue weighted by atomic mass is 19.1. The molecule has 1 N–H and O–H groups in total. The topological polar surface area (TPSA) is 47.0 Å². The molecule has 1 heterocycles. The second-order valence-electron chi connectivity index (χ2n) is 5.16. The normalized spacial score (nSPS) is 14.0. The maximum absolute atomic E-state index is 13.5. The Kier molecular flexibility index (Phi) is 3.73. The van der Waals surface area contributed by atoms with Gasteiger partial charge in [0.05, 0.1) is 7.11 Å². The Labute approximate surface area is 123 Å². The van der Waals surface area contributed by atoms with E-state index < -0.39 is 0 Å². The number of halogens is 1. The van der Waals surface area contributed by atoms with Crippen LogP contribution in [-0.2, 0) is 0 Å². The molecular weight excluding hydrogens is 269 g/mol. The summed E-state index contributed by atoms with van der Waals surface area (Å²) >= 11 is 0. The number of methoxy groups -OCH3 is 1. The van der Waals surface area contributed by atoms with Crippen molar-refractivity contribution in [1.82, 2.24) is 9.97 Å². The maximum Gasteiger partial charge on any atom is 0.165 e. The van der Waals surface area contributed by atoms with E-state index in [1.165, 1.54) is 26.0 Å². The second kappa shape index (κ2) is 5.68. The first-order chi connectivity index (χ1) is 10.2. The number of benzene rings is 1. The summed E-state index contributed by atoms with van der Waals surface area (Å²) in [5.74, 6) is 1.78. The van der Waals surface area contributed by atoms with Crippen molar-refractivity contribution in [3.8, 4) is 17.1 Å². The lowest BCUT2D eigenvalue weighted by Gasteiger charge is -2.10. The molecule has 1 fully saturated rings. The van der Waals surface area contributed by atoms with Crippen LogP contribution >= 0.6 is 0 Å². The second-order valence-corrected chi connectivity index (χ2v) is 5.16. The van der Waals surface area contributed by atoms with Crippen molar-refractivity contribution < 1.29 is 9.13 Å². The molecule has 0 aliphatic heterocycles. The molecule has 0 spiro atoms. The van der Waals surface area contributed by atoms with Gasteiger partial charge in [0, 0.05) is 29.8 Å². The molecule has 0 radical (unpaired) electrons. The molecule has 1 aliphatic rings. The predicted molar refractivity (Wildman–Crippen MR) is 80.1 cm³/mol. The third-order valence-electron chi connectivity index (χ3n) is 3.51. The first kappa shape index (κ1) is 13.8. The largest absolute Gasteiger partial charge is 0.494 e. The zero-order valence-electron chi connectivity index (χ0n) is 12.2. The summed E-state index contributed by atoms with van der Waals surface area (Å²) in [7, 11) is 1.45. The molecule has 2 aromatic rings. The summed E-state index contributed by atoms with van der Waals surface area (Å²) in [5.41, 5.74) is 1.81. The molecule has 1 aromatic heterocycles. The average molecular weight is 287 g/mol. The molecule has 110 valence electrons. The van der Waals surface area contributed by atoms with Crippen LogP contribution in [0.25, 0.3) is 11.4 Å². The van der Waals surface area contributed by atoms with Crippen LogP contribution in [0.15, 0.2) is 24.3 Å². The Morgan fingerprint density at radius 1 is 1.29 bits per heavy atom. The van der Waals surface area contributed by atoms with Crippen LogP contribution in [0.4, 0.5) is 10.2 Å². The molecular formula is C16H18FN3O. The van der Waals surface area contributed by atoms with Crippen molar-refractivity contribution in [2.75, 3.05) is 19.0 Å². The van der Waals surface area contributed by atoms with Gasteiger partial charge in [-0.25, -0.2) is 14.4 Å². The van der Waals surface area contributed by atoms with Crippen molar-refractivity contribution >= 4 is 5.82 Å². The Morgan fingerprint density at radius 2 is 2.10 bits per heavy atom. The van der Waals surface area contributed by atoms with Crippen LogP contribution in [0.1, 0.15) is 31.4 Å². The van der Waals surface area contributed by atoms with E-state index in [0.29, 0.717) is 11.7 Å². The van der Waals surface area contributed by atoms with Crippen LogP contribution in [0.5, 0.6) is 5.75 Å². The molecule has 0 bridgehead atoms. The van der Waals surface area contributed by atoms with Crippen LogP contribution < -0.4 is 10.1 Å². The van der Waals surface area contributed by atoms with Gasteiger partial charge >= 0.3 is 0 Å². The highest BCUT2D eigenvalue weighted by Crippen LogP contribution is 2.40. The number of anilines is 1. The van der Waals surface area contributed by atoms with Crippen molar-refractivity contribution in [3.05, 3.63) is 35.8 Å². The standard InChI is InChI=1S/C16H18FN3O/c1-3-18-15-9-13(10-4-5-10)19-16(20-15)11-6-7-12(17)14(8-11)21-2/h6-10H,3-5H2,1-2H3,(H,18,19,20). The minimum Gasteiger partial charge on any atom is -0.494 e. The first-order valence-corrected chi connectivity index (χ1v) is 7.18. The van der Waals surface area contributed by atoms with Gasteiger partial charge in [-0.2, -0.15) is 0 Å². The lowest BCUT2D eigenvalue weighted by atomic mass is 10.1. The van der Waals surface area contributed by atoms with Gasteiger partial charge in [-0.1, -0.05) is 0 Å². The summed E-state index contributed by atoms with van der Waals surface area (Å²) in [6.45, 7) is 2.83. The van der Waals surface area contributed by atoms with Crippen molar-refractivity contribution in [3.63, 3.8) is 0 Å². The number of nitrogens with zero attached hydrogens (tertiary/aromatic N) is 2. The van der Waals surface area contributed by atoms with E-state index in [1.54, 1.807) is 12.1 Å². The van der Waals surface area contributed by atoms with E-state index in [-0.39, 0.29) is 11.6 Å². The SMILES string of the molecule is CCNc1cc(C2CC2)nc(-c2ccc(F)c(OC)c2)n1. The molecule has 0 amide bonds. The van der Waals surface area contributed by atoms with Crippen LogP contribution in [-0.4, -0.2) is 23.6 Å². The minimum atomic E-state index is -0.383. The highest BCUT2D eigenvalue weighted by molar-refractivity contribution is 5.60. The van der Waals surface area contributed by atoms with Gasteiger partial charge in [0.25, 0.3) is 0 Å². The highest BCUT2D eigenvalue weighted by Gasteiger charge is 2.26. The van der Waals surface area contributed by atoms with E-state index in [1.807, 2.05) is 13.0 Å². The summed E-state index contributed by atoms with van der Waals surface area (Å²) in [6, 6.07) is 6.70. The molecule has 3 rings (SSSR count). The Hall–Kier alpha value is -2.17. The van der Waals surface area contributed by atoms with Gasteiger partial charge in [0.2, 0.25) is 0 Å². The fourth-order valence-electron chi connectivity index (χ4n) is 2.25. The minimum absolute atomic E-state index is 0.206. The molecule has 1 saturated carbocycles. The average Bonchev–Trinajstić information content (AvgIpc) is 3.32. The quantitative estimate of drug-likeness (QED) is 0.912. The molecule has 0 saturated heterocycles. The van der Waals surface area contributed by atoms with Gasteiger partial charge < -0.3 is 10.1 Å². The van der Waals surface area contributed by atoms with Gasteiger partial charge in [-0.15, -0.1) is 0 Å². The molecule has 21 heavy (non-hydrogen) atoms. The fourth-order valence-corrected chi connectivity index (χ4v) is 2.25. The van der Waals surface area contributed by atoms with E-state index in [0.717, 1.165) is 23.6 Å². The number of nitrogens with one attached hydrogen (secondary N) is 1. The smallest absolute Gasteiger partial charge is 0.165 e. The Bertz CT molecular complexity index is 656. The van der Waals surface area contributed by atoms with E-state index in [2.05, 4.69) is 15.3 Å². The van der Waals surface area contributed by atoms with Gasteiger partial charge in [-0.3, -0.25) is 0 Å². The van der Waals surface area contributed by atoms with E-state index in [4.69, 9.17) is 4.74 Å². The predicted octanol–water partition coefficient (Wildman–Crippen LogP) is 3.60. The number of hydrogen-bond donors (Lipinski definition) is 1. The third kappa shape index (κ3) is 2.96. The van der Waals surface area contributed by atoms with Crippen LogP contribution in [0.2, 0.25) is 0 Å². The van der Waals surface area contributed by atoms with Crippen molar-refractivity contribution in [2.45, 2.75) is 25.7 Å². The molecule has 1 aliphatic carbocycles. The molecule has 0 unspecified atom stereocenters. The van der Waals surface area contributed by atoms with E-state index in [9.17, 15) is 4.39 Å². The molecule has 4 nitrogen and oxygen atoms in total. The number of hydrogen-bond acceptors (Lipinski definition) is 4. The number of aromatic nitrogens is 2. The summed E-state index contributed by atoms with van der Waals surface area (Å²) < 4.78 is 18.6. The third-order valence-corrected chi connectivity index (χ3v) is 3.51. The van der Waals surface area contributed by atoms with E-state index >= 15 is 0 Å². The zero-order valence-corrected chi connectivity index (χ0v) is 12.2.